The number of aromatic nitrogens is 3. The summed E-state index contributed by atoms with van der Waals surface area (Å²) >= 11 is 1.52. The Morgan fingerprint density at radius 3 is 2.69 bits per heavy atom. The number of nitro groups is 1. The SMILES string of the molecule is COc1ccc(Oc2nc(-c3cccnc3)nc3sc(C)c(C)c23)c([N+](=O)[O-])c1. The van der Waals surface area contributed by atoms with Crippen molar-refractivity contribution >= 4 is 27.2 Å². The summed E-state index contributed by atoms with van der Waals surface area (Å²) in [6.07, 6.45) is 3.33. The van der Waals surface area contributed by atoms with Gasteiger partial charge >= 0.3 is 5.69 Å². The molecular weight excluding hydrogens is 392 g/mol. The van der Waals surface area contributed by atoms with E-state index in [9.17, 15) is 10.1 Å². The van der Waals surface area contributed by atoms with Crippen LogP contribution in [0, 0.1) is 24.0 Å². The third kappa shape index (κ3) is 3.47. The van der Waals surface area contributed by atoms with Crippen LogP contribution in [0.5, 0.6) is 17.4 Å². The first kappa shape index (κ1) is 18.8. The number of rotatable bonds is 5. The highest BCUT2D eigenvalue weighted by Gasteiger charge is 2.22. The van der Waals surface area contributed by atoms with Crippen molar-refractivity contribution in [2.75, 3.05) is 7.11 Å². The minimum atomic E-state index is -0.510. The van der Waals surface area contributed by atoms with Gasteiger partial charge in [-0.15, -0.1) is 11.3 Å². The molecule has 0 saturated heterocycles. The van der Waals surface area contributed by atoms with Crippen molar-refractivity contribution in [3.05, 3.63) is 63.3 Å². The lowest BCUT2D eigenvalue weighted by molar-refractivity contribution is -0.385. The molecule has 0 atom stereocenters. The molecule has 0 amide bonds. The van der Waals surface area contributed by atoms with Crippen LogP contribution in [-0.2, 0) is 0 Å². The van der Waals surface area contributed by atoms with Crippen LogP contribution in [0.2, 0.25) is 0 Å². The van der Waals surface area contributed by atoms with Crippen LogP contribution < -0.4 is 9.47 Å². The predicted octanol–water partition coefficient (Wildman–Crippen LogP) is 5.08. The Kier molecular flexibility index (Phi) is 4.81. The van der Waals surface area contributed by atoms with Gasteiger partial charge in [-0.2, -0.15) is 4.98 Å². The number of benzene rings is 1. The fourth-order valence-electron chi connectivity index (χ4n) is 2.87. The van der Waals surface area contributed by atoms with E-state index in [-0.39, 0.29) is 17.3 Å². The fourth-order valence-corrected chi connectivity index (χ4v) is 3.89. The van der Waals surface area contributed by atoms with Gasteiger partial charge in [-0.3, -0.25) is 15.1 Å². The summed E-state index contributed by atoms with van der Waals surface area (Å²) in [6.45, 7) is 3.95. The Morgan fingerprint density at radius 1 is 1.17 bits per heavy atom. The highest BCUT2D eigenvalue weighted by atomic mass is 32.1. The molecule has 0 fully saturated rings. The van der Waals surface area contributed by atoms with Crippen LogP contribution >= 0.6 is 11.3 Å². The second kappa shape index (κ2) is 7.44. The third-order valence-electron chi connectivity index (χ3n) is 4.48. The van der Waals surface area contributed by atoms with Gasteiger partial charge in [0.15, 0.2) is 5.82 Å². The predicted molar refractivity (Wildman–Crippen MR) is 110 cm³/mol. The summed E-state index contributed by atoms with van der Waals surface area (Å²) in [4.78, 5) is 26.2. The lowest BCUT2D eigenvalue weighted by Crippen LogP contribution is -1.98. The number of hydrogen-bond donors (Lipinski definition) is 0. The first-order chi connectivity index (χ1) is 14.0. The highest BCUT2D eigenvalue weighted by Crippen LogP contribution is 2.40. The molecule has 0 spiro atoms. The van der Waals surface area contributed by atoms with Crippen molar-refractivity contribution < 1.29 is 14.4 Å². The lowest BCUT2D eigenvalue weighted by Gasteiger charge is -2.10. The zero-order chi connectivity index (χ0) is 20.5. The normalized spacial score (nSPS) is 10.9. The third-order valence-corrected chi connectivity index (χ3v) is 5.59. The van der Waals surface area contributed by atoms with Gasteiger partial charge in [-0.05, 0) is 43.7 Å². The fraction of sp³-hybridized carbons (Fsp3) is 0.150. The molecule has 1 aromatic carbocycles. The molecule has 9 heteroatoms. The number of ether oxygens (including phenoxy) is 2. The summed E-state index contributed by atoms with van der Waals surface area (Å²) < 4.78 is 11.1. The van der Waals surface area contributed by atoms with Crippen molar-refractivity contribution in [2.45, 2.75) is 13.8 Å². The standard InChI is InChI=1S/C20H16N4O4S/c1-11-12(2)29-20-17(11)19(22-18(23-20)13-5-4-8-21-10-13)28-16-7-6-14(27-3)9-15(16)24(25)26/h4-10H,1-3H3. The van der Waals surface area contributed by atoms with E-state index in [0.717, 1.165) is 26.2 Å². The molecule has 0 aliphatic rings. The van der Waals surface area contributed by atoms with Gasteiger partial charge in [0.25, 0.3) is 0 Å². The maximum Gasteiger partial charge on any atom is 0.315 e. The Morgan fingerprint density at radius 2 is 2.00 bits per heavy atom. The topological polar surface area (TPSA) is 100 Å². The molecule has 146 valence electrons. The Bertz CT molecular complexity index is 1220. The van der Waals surface area contributed by atoms with Crippen molar-refractivity contribution in [1.82, 2.24) is 15.0 Å². The Hall–Kier alpha value is -3.59. The molecule has 0 aliphatic heterocycles. The summed E-state index contributed by atoms with van der Waals surface area (Å²) in [7, 11) is 1.45. The maximum absolute atomic E-state index is 11.5. The summed E-state index contributed by atoms with van der Waals surface area (Å²) in [5.74, 6) is 1.16. The second-order valence-electron chi connectivity index (χ2n) is 6.25. The highest BCUT2D eigenvalue weighted by molar-refractivity contribution is 7.18. The Labute approximate surface area is 170 Å². The van der Waals surface area contributed by atoms with Crippen molar-refractivity contribution in [1.29, 1.82) is 0 Å². The van der Waals surface area contributed by atoms with E-state index in [1.165, 1.54) is 30.6 Å². The molecule has 3 aromatic heterocycles. The van der Waals surface area contributed by atoms with Gasteiger partial charge in [0.05, 0.1) is 23.5 Å². The van der Waals surface area contributed by atoms with Gasteiger partial charge < -0.3 is 9.47 Å². The van der Waals surface area contributed by atoms with Crippen LogP contribution in [0.4, 0.5) is 5.69 Å². The van der Waals surface area contributed by atoms with Crippen LogP contribution in [0.15, 0.2) is 42.7 Å². The molecule has 4 rings (SSSR count). The monoisotopic (exact) mass is 408 g/mol. The number of thiophene rings is 1. The van der Waals surface area contributed by atoms with E-state index in [0.29, 0.717) is 11.6 Å². The Balaban J connectivity index is 1.90. The molecule has 8 nitrogen and oxygen atoms in total. The van der Waals surface area contributed by atoms with Crippen LogP contribution in [0.1, 0.15) is 10.4 Å². The van der Waals surface area contributed by atoms with E-state index in [1.807, 2.05) is 19.9 Å². The minimum Gasteiger partial charge on any atom is -0.496 e. The number of aryl methyl sites for hydroxylation is 2. The van der Waals surface area contributed by atoms with E-state index in [1.54, 1.807) is 24.5 Å². The number of fused-ring (bicyclic) bond motifs is 1. The number of methoxy groups -OCH3 is 1. The zero-order valence-corrected chi connectivity index (χ0v) is 16.7. The van der Waals surface area contributed by atoms with E-state index in [4.69, 9.17) is 9.47 Å². The summed E-state index contributed by atoms with van der Waals surface area (Å²) in [6, 6.07) is 8.07. The molecule has 3 heterocycles. The van der Waals surface area contributed by atoms with Crippen LogP contribution in [-0.4, -0.2) is 27.0 Å². The number of nitrogens with zero attached hydrogens (tertiary/aromatic N) is 4. The average molecular weight is 408 g/mol. The maximum atomic E-state index is 11.5. The summed E-state index contributed by atoms with van der Waals surface area (Å²) in [5, 5.41) is 12.3. The first-order valence-corrected chi connectivity index (χ1v) is 9.48. The average Bonchev–Trinajstić information content (AvgIpc) is 3.02. The number of pyridine rings is 1. The van der Waals surface area contributed by atoms with E-state index < -0.39 is 4.92 Å². The summed E-state index contributed by atoms with van der Waals surface area (Å²) in [5.41, 5.74) is 1.50. The molecule has 0 unspecified atom stereocenters. The molecule has 0 saturated carbocycles. The quantitative estimate of drug-likeness (QED) is 0.335. The molecule has 0 aliphatic carbocycles. The van der Waals surface area contributed by atoms with E-state index >= 15 is 0 Å². The minimum absolute atomic E-state index is 0.0798. The molecule has 4 aromatic rings. The van der Waals surface area contributed by atoms with Crippen molar-refractivity contribution in [3.8, 4) is 28.8 Å². The second-order valence-corrected chi connectivity index (χ2v) is 7.45. The number of hydrogen-bond acceptors (Lipinski definition) is 8. The van der Waals surface area contributed by atoms with Gasteiger partial charge in [0, 0.05) is 22.8 Å². The van der Waals surface area contributed by atoms with Gasteiger partial charge in [-0.1, -0.05) is 0 Å². The first-order valence-electron chi connectivity index (χ1n) is 8.66. The molecule has 0 bridgehead atoms. The lowest BCUT2D eigenvalue weighted by atomic mass is 10.2. The van der Waals surface area contributed by atoms with E-state index in [2.05, 4.69) is 15.0 Å². The number of nitro benzene ring substituents is 1. The molecule has 29 heavy (non-hydrogen) atoms. The van der Waals surface area contributed by atoms with Gasteiger partial charge in [-0.25, -0.2) is 4.98 Å². The van der Waals surface area contributed by atoms with Gasteiger partial charge in [0.1, 0.15) is 10.6 Å². The van der Waals surface area contributed by atoms with Crippen molar-refractivity contribution in [2.24, 2.45) is 0 Å². The molecule has 0 radical (unpaired) electrons. The zero-order valence-electron chi connectivity index (χ0n) is 15.9. The van der Waals surface area contributed by atoms with Crippen LogP contribution in [0.25, 0.3) is 21.6 Å². The van der Waals surface area contributed by atoms with Gasteiger partial charge in [0.2, 0.25) is 11.6 Å². The van der Waals surface area contributed by atoms with Crippen molar-refractivity contribution in [3.63, 3.8) is 0 Å². The van der Waals surface area contributed by atoms with Crippen LogP contribution in [0.3, 0.4) is 0 Å². The smallest absolute Gasteiger partial charge is 0.315 e. The molecular formula is C20H16N4O4S. The largest absolute Gasteiger partial charge is 0.496 e. The molecule has 0 N–H and O–H groups in total.